The fraction of sp³-hybridized carbons (Fsp3) is 0.701. The second-order valence-corrected chi connectivity index (χ2v) is 29.3. The Morgan fingerprint density at radius 2 is 0.867 bits per heavy atom. The third-order valence-electron chi connectivity index (χ3n) is 25.4. The quantitative estimate of drug-likeness (QED) is 0.251. The number of ketones is 2. The van der Waals surface area contributed by atoms with Crippen LogP contribution in [0.3, 0.4) is 0 Å². The highest BCUT2D eigenvalue weighted by Gasteiger charge is 2.69. The zero-order valence-electron chi connectivity index (χ0n) is 48.3. The summed E-state index contributed by atoms with van der Waals surface area (Å²) >= 11 is 0. The van der Waals surface area contributed by atoms with Crippen LogP contribution >= 0.6 is 0 Å². The van der Waals surface area contributed by atoms with E-state index >= 15 is 0 Å². The van der Waals surface area contributed by atoms with Crippen molar-refractivity contribution >= 4 is 23.4 Å². The van der Waals surface area contributed by atoms with E-state index in [0.717, 1.165) is 132 Å². The topological polar surface area (TPSA) is 132 Å². The van der Waals surface area contributed by atoms with Crippen molar-refractivity contribution in [3.05, 3.63) is 92.6 Å². The van der Waals surface area contributed by atoms with Crippen LogP contribution < -0.4 is 0 Å². The van der Waals surface area contributed by atoms with E-state index in [2.05, 4.69) is 91.5 Å². The van der Waals surface area contributed by atoms with E-state index in [1.54, 1.807) is 12.2 Å². The second kappa shape index (κ2) is 17.9. The van der Waals surface area contributed by atoms with E-state index in [9.17, 15) is 34.5 Å². The lowest BCUT2D eigenvalue weighted by Crippen LogP contribution is -2.62. The van der Waals surface area contributed by atoms with Gasteiger partial charge in [0.1, 0.15) is 0 Å². The lowest BCUT2D eigenvalue weighted by molar-refractivity contribution is -0.178. The second-order valence-electron chi connectivity index (χ2n) is 29.3. The summed E-state index contributed by atoms with van der Waals surface area (Å²) in [4.78, 5) is 53.5. The number of fused-ring (bicyclic) bond motifs is 14. The van der Waals surface area contributed by atoms with Crippen molar-refractivity contribution in [2.75, 3.05) is 13.1 Å². The molecule has 1 heterocycles. The zero-order chi connectivity index (χ0) is 54.3. The molecule has 0 aromatic heterocycles. The number of aliphatic carboxylic acids is 1. The minimum absolute atomic E-state index is 0.0000746. The number of carbonyl (C=O) groups excluding carboxylic acids is 3. The molecule has 12 atom stereocenters. The molecule has 0 spiro atoms. The van der Waals surface area contributed by atoms with Crippen molar-refractivity contribution in [2.45, 2.75) is 218 Å². The first-order chi connectivity index (χ1) is 35.0. The minimum Gasteiger partial charge on any atom is -0.504 e. The van der Waals surface area contributed by atoms with E-state index in [1.165, 1.54) is 49.7 Å². The molecule has 8 heteroatoms. The fourth-order valence-electron chi connectivity index (χ4n) is 19.5. The van der Waals surface area contributed by atoms with Crippen molar-refractivity contribution in [1.82, 2.24) is 4.90 Å². The summed E-state index contributed by atoms with van der Waals surface area (Å²) in [6.07, 6.45) is 36.3. The number of hydrogen-bond donors (Lipinski definition) is 3. The lowest BCUT2D eigenvalue weighted by atomic mass is 9.34. The summed E-state index contributed by atoms with van der Waals surface area (Å²) < 4.78 is 0. The van der Waals surface area contributed by atoms with Gasteiger partial charge in [-0.15, -0.1) is 0 Å². The number of carbonyl (C=O) groups is 4. The lowest BCUT2D eigenvalue weighted by Gasteiger charge is -2.70. The molecule has 3 N–H and O–H groups in total. The summed E-state index contributed by atoms with van der Waals surface area (Å²) in [6.45, 7) is 29.2. The van der Waals surface area contributed by atoms with Gasteiger partial charge in [0.15, 0.2) is 11.5 Å². The molecule has 408 valence electrons. The monoisotopic (exact) mass is 1020 g/mol. The van der Waals surface area contributed by atoms with Gasteiger partial charge in [-0.05, 0) is 202 Å². The van der Waals surface area contributed by atoms with Gasteiger partial charge in [-0.25, -0.2) is 0 Å². The molecule has 0 aromatic carbocycles. The summed E-state index contributed by atoms with van der Waals surface area (Å²) in [5, 5.41) is 30.7. The Morgan fingerprint density at radius 3 is 1.27 bits per heavy atom. The Hall–Kier alpha value is -4.20. The maximum absolute atomic E-state index is 13.8. The number of nitrogens with zero attached hydrogens (tertiary/aromatic N) is 1. The molecule has 0 unspecified atom stereocenters. The fourth-order valence-corrected chi connectivity index (χ4v) is 19.5. The maximum atomic E-state index is 13.8. The van der Waals surface area contributed by atoms with Crippen molar-refractivity contribution in [2.24, 2.45) is 66.0 Å². The molecule has 12 rings (SSSR count). The SMILES string of the molecule is C1CCCC1.CC1=C(O)C(=O)C=C2C1=CC=C1[C@@]2(C)CC[C@@]2(C)[C@@H]3C[C@](C)(C(=O)N4CCCC4)CC[C@]3(C)CC[C@]12C.CC1=C(O)C(=O)C=C2C1=CC=C1[C@@]2(C)CC[C@@]2(C)[C@@H]3C[C@](C)(C(=O)O)CC[C@]3(C)CC[C@]12C. The zero-order valence-corrected chi connectivity index (χ0v) is 48.3. The first-order valence-corrected chi connectivity index (χ1v) is 29.7. The molecule has 1 amide bonds. The first kappa shape index (κ1) is 54.2. The number of rotatable bonds is 2. The third kappa shape index (κ3) is 7.73. The van der Waals surface area contributed by atoms with Crippen LogP contribution in [0.4, 0.5) is 0 Å². The Kier molecular flexibility index (Phi) is 12.9. The van der Waals surface area contributed by atoms with Crippen LogP contribution in [0.1, 0.15) is 218 Å². The number of hydrogen-bond acceptors (Lipinski definition) is 6. The normalized spacial score (nSPS) is 44.5. The van der Waals surface area contributed by atoms with Gasteiger partial charge in [0.25, 0.3) is 0 Å². The Bertz CT molecular complexity index is 2760. The predicted molar refractivity (Wildman–Crippen MR) is 298 cm³/mol. The smallest absolute Gasteiger partial charge is 0.309 e. The molecule has 1 aliphatic heterocycles. The van der Waals surface area contributed by atoms with E-state index in [1.807, 2.05) is 20.8 Å². The number of carboxylic acid groups (broad SMARTS) is 1. The van der Waals surface area contributed by atoms with Crippen LogP contribution in [0.5, 0.6) is 0 Å². The molecule has 8 fully saturated rings. The number of amides is 1. The maximum Gasteiger partial charge on any atom is 0.309 e. The molecule has 11 aliphatic carbocycles. The molecule has 0 bridgehead atoms. The summed E-state index contributed by atoms with van der Waals surface area (Å²) in [7, 11) is 0. The average molecular weight is 1020 g/mol. The molecule has 12 aliphatic rings. The molecule has 0 radical (unpaired) electrons. The van der Waals surface area contributed by atoms with Crippen molar-refractivity contribution in [3.63, 3.8) is 0 Å². The number of likely N-dealkylation sites (tertiary alicyclic amines) is 1. The molecule has 1 saturated heterocycles. The van der Waals surface area contributed by atoms with E-state index < -0.39 is 11.4 Å². The molecule has 7 saturated carbocycles. The van der Waals surface area contributed by atoms with Crippen LogP contribution in [0, 0.1) is 66.0 Å². The summed E-state index contributed by atoms with van der Waals surface area (Å²) in [6, 6.07) is 0. The largest absolute Gasteiger partial charge is 0.504 e. The number of allylic oxidation sites excluding steroid dienone is 14. The molecule has 0 aromatic rings. The average Bonchev–Trinajstić information content (AvgIpc) is 4.15. The number of aliphatic hydroxyl groups is 2. The van der Waals surface area contributed by atoms with Gasteiger partial charge in [-0.1, -0.05) is 130 Å². The first-order valence-electron chi connectivity index (χ1n) is 29.7. The summed E-state index contributed by atoms with van der Waals surface area (Å²) in [5.41, 5.74) is 7.52. The number of carboxylic acids is 1. The van der Waals surface area contributed by atoms with Crippen molar-refractivity contribution in [3.8, 4) is 0 Å². The van der Waals surface area contributed by atoms with Crippen LogP contribution in [0.25, 0.3) is 0 Å². The van der Waals surface area contributed by atoms with Crippen LogP contribution in [0.2, 0.25) is 0 Å². The standard InChI is InChI=1S/C33H45NO3.C29H38O4.C5H10/c1-21-22-9-10-25-31(4,23(22)19-24(35)27(21)36)14-16-33(6)26-20-30(3,28(37)34-17-7-8-18-34)12-11-29(26,2)13-15-32(25,33)5;1-17-18-7-8-21-27(4,19(18)15-20(30)23(17)31)12-14-29(6)22-16-26(3,24(32)33)10-9-25(22,2)11-13-28(21,29)5;1-2-4-5-3-1/h9-10,19,26,36H,7-8,11-18,20H2,1-6H3;7-8,15,22,31H,9-14,16H2,1-6H3,(H,32,33);1-5H2/t26-,29-,30-,31+,32-,33+;22-,25-,26-,27+,28-,29+;/m11./s1. The Morgan fingerprint density at radius 1 is 0.493 bits per heavy atom. The molecule has 8 nitrogen and oxygen atoms in total. The van der Waals surface area contributed by atoms with E-state index in [0.29, 0.717) is 28.9 Å². The molecule has 75 heavy (non-hydrogen) atoms. The highest BCUT2D eigenvalue weighted by Crippen LogP contribution is 2.77. The third-order valence-corrected chi connectivity index (χ3v) is 25.4. The van der Waals surface area contributed by atoms with Gasteiger partial charge in [0.2, 0.25) is 17.5 Å². The highest BCUT2D eigenvalue weighted by molar-refractivity contribution is 6.07. The van der Waals surface area contributed by atoms with Gasteiger partial charge in [0, 0.05) is 40.5 Å². The highest BCUT2D eigenvalue weighted by atomic mass is 16.4. The van der Waals surface area contributed by atoms with Crippen molar-refractivity contribution < 1.29 is 34.5 Å². The predicted octanol–water partition coefficient (Wildman–Crippen LogP) is 15.9. The number of aliphatic hydroxyl groups excluding tert-OH is 2. The molecular weight excluding hydrogens is 931 g/mol. The van der Waals surface area contributed by atoms with Crippen LogP contribution in [-0.4, -0.2) is 56.8 Å². The van der Waals surface area contributed by atoms with Crippen molar-refractivity contribution in [1.29, 1.82) is 0 Å². The van der Waals surface area contributed by atoms with Gasteiger partial charge in [-0.3, -0.25) is 19.2 Å². The Labute approximate surface area is 450 Å². The van der Waals surface area contributed by atoms with Gasteiger partial charge < -0.3 is 20.2 Å². The Balaban J connectivity index is 0.000000157. The summed E-state index contributed by atoms with van der Waals surface area (Å²) in [5.74, 6) is -0.207. The van der Waals surface area contributed by atoms with Gasteiger partial charge in [0.05, 0.1) is 5.41 Å². The van der Waals surface area contributed by atoms with Crippen LogP contribution in [-0.2, 0) is 19.2 Å². The van der Waals surface area contributed by atoms with E-state index in [-0.39, 0.29) is 71.8 Å². The van der Waals surface area contributed by atoms with E-state index in [4.69, 9.17) is 0 Å². The van der Waals surface area contributed by atoms with Crippen LogP contribution in [0.15, 0.2) is 92.6 Å². The minimum atomic E-state index is -0.655. The van der Waals surface area contributed by atoms with Gasteiger partial charge in [-0.2, -0.15) is 0 Å². The molecular formula is C67H93NO7. The van der Waals surface area contributed by atoms with Gasteiger partial charge >= 0.3 is 5.97 Å².